The quantitative estimate of drug-likeness (QED) is 0.780. The minimum absolute atomic E-state index is 0.0854. The molecule has 0 atom stereocenters. The fourth-order valence-electron chi connectivity index (χ4n) is 2.18. The maximum Gasteiger partial charge on any atom is 0.339 e. The van der Waals surface area contributed by atoms with Gasteiger partial charge in [-0.3, -0.25) is 4.40 Å². The zero-order chi connectivity index (χ0) is 14.3. The minimum atomic E-state index is -1.06. The molecule has 0 saturated carbocycles. The van der Waals surface area contributed by atoms with Gasteiger partial charge in [-0.1, -0.05) is 0 Å². The average molecular weight is 273 g/mol. The number of benzene rings is 1. The van der Waals surface area contributed by atoms with Crippen molar-refractivity contribution in [1.82, 2.24) is 14.6 Å². The van der Waals surface area contributed by atoms with Crippen LogP contribution in [0.3, 0.4) is 0 Å². The second kappa shape index (κ2) is 4.37. The van der Waals surface area contributed by atoms with Crippen LogP contribution in [0.5, 0.6) is 11.5 Å². The summed E-state index contributed by atoms with van der Waals surface area (Å²) in [5, 5.41) is 17.6. The van der Waals surface area contributed by atoms with Crippen LogP contribution in [0.1, 0.15) is 10.4 Å². The van der Waals surface area contributed by atoms with Crippen molar-refractivity contribution in [3.8, 4) is 11.5 Å². The zero-order valence-corrected chi connectivity index (χ0v) is 10.8. The van der Waals surface area contributed by atoms with Crippen molar-refractivity contribution in [3.05, 3.63) is 30.1 Å². The van der Waals surface area contributed by atoms with E-state index >= 15 is 0 Å². The van der Waals surface area contributed by atoms with E-state index in [0.29, 0.717) is 16.9 Å². The first-order valence-electron chi connectivity index (χ1n) is 5.77. The molecule has 0 bridgehead atoms. The van der Waals surface area contributed by atoms with Crippen LogP contribution in [-0.2, 0) is 0 Å². The van der Waals surface area contributed by atoms with Crippen molar-refractivity contribution in [2.75, 3.05) is 14.2 Å². The number of carboxylic acids is 1. The monoisotopic (exact) mass is 273 g/mol. The van der Waals surface area contributed by atoms with Gasteiger partial charge in [0, 0.05) is 11.5 Å². The summed E-state index contributed by atoms with van der Waals surface area (Å²) in [7, 11) is 3.07. The van der Waals surface area contributed by atoms with Crippen LogP contribution in [0.2, 0.25) is 0 Å². The van der Waals surface area contributed by atoms with E-state index in [4.69, 9.17) is 9.47 Å². The lowest BCUT2D eigenvalue weighted by atomic mass is 10.1. The summed E-state index contributed by atoms with van der Waals surface area (Å²) >= 11 is 0. The molecule has 0 aliphatic rings. The Labute approximate surface area is 113 Å². The number of nitrogens with zero attached hydrogens (tertiary/aromatic N) is 3. The second-order valence-electron chi connectivity index (χ2n) is 4.15. The Kier molecular flexibility index (Phi) is 2.67. The van der Waals surface area contributed by atoms with E-state index in [9.17, 15) is 9.90 Å². The van der Waals surface area contributed by atoms with Crippen molar-refractivity contribution in [3.63, 3.8) is 0 Å². The molecule has 0 saturated heterocycles. The number of rotatable bonds is 3. The lowest BCUT2D eigenvalue weighted by Gasteiger charge is -2.11. The first-order valence-corrected chi connectivity index (χ1v) is 5.77. The third-order valence-corrected chi connectivity index (χ3v) is 3.11. The molecule has 0 unspecified atom stereocenters. The van der Waals surface area contributed by atoms with E-state index < -0.39 is 5.97 Å². The SMILES string of the molecule is COc1cc2cc(C(=O)O)c3nncn3c2cc1OC. The Bertz CT molecular complexity index is 825. The first kappa shape index (κ1) is 12.2. The lowest BCUT2D eigenvalue weighted by Crippen LogP contribution is -2.02. The first-order chi connectivity index (χ1) is 9.65. The van der Waals surface area contributed by atoms with Crippen molar-refractivity contribution in [2.24, 2.45) is 0 Å². The van der Waals surface area contributed by atoms with Crippen molar-refractivity contribution < 1.29 is 19.4 Å². The highest BCUT2D eigenvalue weighted by Crippen LogP contribution is 2.33. The van der Waals surface area contributed by atoms with Crippen LogP contribution in [-0.4, -0.2) is 39.9 Å². The molecule has 7 nitrogen and oxygen atoms in total. The molecule has 0 radical (unpaired) electrons. The van der Waals surface area contributed by atoms with Gasteiger partial charge in [0.15, 0.2) is 17.1 Å². The fourth-order valence-corrected chi connectivity index (χ4v) is 2.18. The summed E-state index contributed by atoms with van der Waals surface area (Å²) in [6.07, 6.45) is 1.47. The lowest BCUT2D eigenvalue weighted by molar-refractivity contribution is 0.0698. The highest BCUT2D eigenvalue weighted by Gasteiger charge is 2.16. The maximum atomic E-state index is 11.3. The van der Waals surface area contributed by atoms with Crippen LogP contribution in [0.15, 0.2) is 24.5 Å². The second-order valence-corrected chi connectivity index (χ2v) is 4.15. The summed E-state index contributed by atoms with van der Waals surface area (Å²) in [5.41, 5.74) is 1.12. The van der Waals surface area contributed by atoms with Gasteiger partial charge < -0.3 is 14.6 Å². The van der Waals surface area contributed by atoms with Crippen LogP contribution in [0, 0.1) is 0 Å². The molecule has 2 aromatic heterocycles. The fraction of sp³-hybridized carbons (Fsp3) is 0.154. The highest BCUT2D eigenvalue weighted by atomic mass is 16.5. The summed E-state index contributed by atoms with van der Waals surface area (Å²) in [5.74, 6) is 0.0292. The van der Waals surface area contributed by atoms with E-state index in [1.165, 1.54) is 13.4 Å². The molecule has 1 N–H and O–H groups in total. The Hall–Kier alpha value is -2.83. The molecule has 102 valence electrons. The molecule has 0 aliphatic heterocycles. The molecule has 0 fully saturated rings. The van der Waals surface area contributed by atoms with Gasteiger partial charge in [-0.2, -0.15) is 0 Å². The van der Waals surface area contributed by atoms with E-state index in [1.807, 2.05) is 0 Å². The number of hydrogen-bond acceptors (Lipinski definition) is 5. The smallest absolute Gasteiger partial charge is 0.339 e. The number of aromatic nitrogens is 3. The minimum Gasteiger partial charge on any atom is -0.493 e. The number of carboxylic acid groups (broad SMARTS) is 1. The summed E-state index contributed by atoms with van der Waals surface area (Å²) in [6.45, 7) is 0. The third-order valence-electron chi connectivity index (χ3n) is 3.11. The Morgan fingerprint density at radius 2 is 1.90 bits per heavy atom. The van der Waals surface area contributed by atoms with Gasteiger partial charge in [0.1, 0.15) is 11.9 Å². The number of carbonyl (C=O) groups is 1. The zero-order valence-electron chi connectivity index (χ0n) is 10.8. The standard InChI is InChI=1S/C13H11N3O4/c1-19-10-4-7-3-8(13(17)18)12-15-14-6-16(12)9(7)5-11(10)20-2/h3-6H,1-2H3,(H,17,18). The molecule has 2 heterocycles. The van der Waals surface area contributed by atoms with E-state index in [1.54, 1.807) is 29.7 Å². The number of ether oxygens (including phenoxy) is 2. The Morgan fingerprint density at radius 1 is 1.20 bits per heavy atom. The van der Waals surface area contributed by atoms with Gasteiger partial charge >= 0.3 is 5.97 Å². The molecule has 0 aliphatic carbocycles. The number of fused-ring (bicyclic) bond motifs is 3. The number of aromatic carboxylic acids is 1. The van der Waals surface area contributed by atoms with Gasteiger partial charge in [-0.25, -0.2) is 4.79 Å². The molecule has 3 aromatic rings. The molecule has 3 rings (SSSR count). The maximum absolute atomic E-state index is 11.3. The highest BCUT2D eigenvalue weighted by molar-refractivity contribution is 6.00. The van der Waals surface area contributed by atoms with E-state index in [2.05, 4.69) is 10.2 Å². The number of methoxy groups -OCH3 is 2. The summed E-state index contributed by atoms with van der Waals surface area (Å²) in [6, 6.07) is 5.03. The molecule has 7 heteroatoms. The summed E-state index contributed by atoms with van der Waals surface area (Å²) in [4.78, 5) is 11.3. The largest absolute Gasteiger partial charge is 0.493 e. The molecule has 1 aromatic carbocycles. The predicted molar refractivity (Wildman–Crippen MR) is 70.6 cm³/mol. The van der Waals surface area contributed by atoms with Gasteiger partial charge in [0.25, 0.3) is 0 Å². The normalized spacial score (nSPS) is 10.9. The van der Waals surface area contributed by atoms with Gasteiger partial charge in [-0.05, 0) is 12.1 Å². The molecule has 20 heavy (non-hydrogen) atoms. The average Bonchev–Trinajstić information content (AvgIpc) is 2.94. The third kappa shape index (κ3) is 1.63. The Morgan fingerprint density at radius 3 is 2.55 bits per heavy atom. The molecule has 0 amide bonds. The van der Waals surface area contributed by atoms with Crippen LogP contribution in [0.25, 0.3) is 16.6 Å². The van der Waals surface area contributed by atoms with E-state index in [-0.39, 0.29) is 11.2 Å². The van der Waals surface area contributed by atoms with E-state index in [0.717, 1.165) is 5.52 Å². The number of pyridine rings is 1. The summed E-state index contributed by atoms with van der Waals surface area (Å²) < 4.78 is 12.1. The van der Waals surface area contributed by atoms with Crippen LogP contribution < -0.4 is 9.47 Å². The van der Waals surface area contributed by atoms with Gasteiger partial charge in [0.2, 0.25) is 0 Å². The molecule has 0 spiro atoms. The van der Waals surface area contributed by atoms with Crippen molar-refractivity contribution in [2.45, 2.75) is 0 Å². The predicted octanol–water partition coefficient (Wildman–Crippen LogP) is 1.60. The number of hydrogen-bond donors (Lipinski definition) is 1. The Balaban J connectivity index is 2.46. The van der Waals surface area contributed by atoms with Gasteiger partial charge in [-0.15, -0.1) is 10.2 Å². The van der Waals surface area contributed by atoms with Crippen molar-refractivity contribution >= 4 is 22.5 Å². The van der Waals surface area contributed by atoms with Crippen LogP contribution >= 0.6 is 0 Å². The molecular formula is C13H11N3O4. The van der Waals surface area contributed by atoms with Crippen LogP contribution in [0.4, 0.5) is 0 Å². The van der Waals surface area contributed by atoms with Crippen molar-refractivity contribution in [1.29, 1.82) is 0 Å². The van der Waals surface area contributed by atoms with Gasteiger partial charge in [0.05, 0.1) is 19.7 Å². The topological polar surface area (TPSA) is 86.0 Å². The molecular weight excluding hydrogens is 262 g/mol.